The summed E-state index contributed by atoms with van der Waals surface area (Å²) in [5.74, 6) is 0.404. The molecular weight excluding hydrogens is 492 g/mol. The first-order valence-electron chi connectivity index (χ1n) is 11.9. The monoisotopic (exact) mass is 522 g/mol. The van der Waals surface area contributed by atoms with Crippen LogP contribution in [0.25, 0.3) is 0 Å². The average Bonchev–Trinajstić information content (AvgIpc) is 3.20. The molecule has 37 heavy (non-hydrogen) atoms. The van der Waals surface area contributed by atoms with Crippen molar-refractivity contribution in [2.24, 2.45) is 5.16 Å². The fraction of sp³-hybridized carbons (Fsp3) is 0.286. The Bertz CT molecular complexity index is 1260. The van der Waals surface area contributed by atoms with Gasteiger partial charge in [-0.2, -0.15) is 0 Å². The van der Waals surface area contributed by atoms with Crippen LogP contribution in [0.2, 0.25) is 0 Å². The van der Waals surface area contributed by atoms with Crippen LogP contribution in [0.4, 0.5) is 5.69 Å². The van der Waals surface area contributed by atoms with Gasteiger partial charge in [0.25, 0.3) is 0 Å². The number of fused-ring (bicyclic) bond motifs is 1. The quantitative estimate of drug-likeness (QED) is 0.169. The number of carboxylic acids is 1. The summed E-state index contributed by atoms with van der Waals surface area (Å²) in [6.45, 7) is 4.12. The number of aliphatic carboxylic acids is 1. The lowest BCUT2D eigenvalue weighted by Crippen LogP contribution is -2.37. The van der Waals surface area contributed by atoms with Crippen LogP contribution in [0.15, 0.2) is 82.8 Å². The summed E-state index contributed by atoms with van der Waals surface area (Å²) in [5, 5.41) is 13.5. The second-order valence-corrected chi connectivity index (χ2v) is 10.4. The van der Waals surface area contributed by atoms with E-state index in [1.54, 1.807) is 24.3 Å². The van der Waals surface area contributed by atoms with Gasteiger partial charge in [0.15, 0.2) is 16.4 Å². The summed E-state index contributed by atoms with van der Waals surface area (Å²) < 4.78 is 24.3. The van der Waals surface area contributed by atoms with E-state index in [9.17, 15) is 14.5 Å². The smallest absolute Gasteiger partial charge is 0.347 e. The number of rotatable bonds is 11. The summed E-state index contributed by atoms with van der Waals surface area (Å²) in [6, 6.07) is 22.6. The van der Waals surface area contributed by atoms with Crippen molar-refractivity contribution in [3.05, 3.63) is 83.9 Å². The van der Waals surface area contributed by atoms with Gasteiger partial charge < -0.3 is 28.9 Å². The van der Waals surface area contributed by atoms with Crippen LogP contribution < -0.4 is 14.4 Å². The van der Waals surface area contributed by atoms with E-state index in [2.05, 4.69) is 10.1 Å². The van der Waals surface area contributed by atoms with Crippen molar-refractivity contribution in [1.82, 2.24) is 0 Å². The van der Waals surface area contributed by atoms with Crippen molar-refractivity contribution in [3.63, 3.8) is 0 Å². The van der Waals surface area contributed by atoms with E-state index in [-0.39, 0.29) is 0 Å². The van der Waals surface area contributed by atoms with E-state index in [1.807, 2.05) is 48.5 Å². The SMILES string of the molecule is CO/N=C(\c1ccccc1)c1ccc2c(c1)[S+]([O-])CN2CCCOc1cccc(OC(C)(C)C(=O)O)c1. The van der Waals surface area contributed by atoms with Crippen molar-refractivity contribution >= 4 is 28.5 Å². The van der Waals surface area contributed by atoms with Crippen LogP contribution in [0.5, 0.6) is 11.5 Å². The molecule has 1 N–H and O–H groups in total. The minimum atomic E-state index is -1.34. The zero-order valence-corrected chi connectivity index (χ0v) is 21.9. The van der Waals surface area contributed by atoms with E-state index in [4.69, 9.17) is 14.3 Å². The Labute approximate surface area is 219 Å². The highest BCUT2D eigenvalue weighted by atomic mass is 32.2. The highest BCUT2D eigenvalue weighted by molar-refractivity contribution is 7.92. The van der Waals surface area contributed by atoms with Crippen LogP contribution >= 0.6 is 0 Å². The molecule has 0 aromatic heterocycles. The predicted octanol–water partition coefficient (Wildman–Crippen LogP) is 4.68. The Hall–Kier alpha value is -3.69. The number of benzene rings is 3. The normalized spacial score (nSPS) is 15.3. The van der Waals surface area contributed by atoms with Gasteiger partial charge in [-0.1, -0.05) is 47.6 Å². The molecule has 1 heterocycles. The third-order valence-corrected chi connectivity index (χ3v) is 7.22. The number of ether oxygens (including phenoxy) is 2. The number of hydrogen-bond acceptors (Lipinski definition) is 7. The first kappa shape index (κ1) is 26.4. The highest BCUT2D eigenvalue weighted by Gasteiger charge is 2.32. The molecular formula is C28H30N2O6S. The van der Waals surface area contributed by atoms with Gasteiger partial charge in [-0.05, 0) is 38.5 Å². The van der Waals surface area contributed by atoms with Crippen molar-refractivity contribution in [1.29, 1.82) is 0 Å². The molecule has 1 aliphatic rings. The zero-order valence-electron chi connectivity index (χ0n) is 21.0. The molecule has 1 unspecified atom stereocenters. The predicted molar refractivity (Wildman–Crippen MR) is 143 cm³/mol. The first-order valence-corrected chi connectivity index (χ1v) is 13.2. The van der Waals surface area contributed by atoms with Gasteiger partial charge in [0.2, 0.25) is 0 Å². The van der Waals surface area contributed by atoms with Crippen molar-refractivity contribution < 1.29 is 28.8 Å². The number of hydrogen-bond donors (Lipinski definition) is 1. The molecule has 0 fully saturated rings. The molecule has 0 saturated carbocycles. The Morgan fingerprint density at radius 2 is 1.81 bits per heavy atom. The molecule has 0 aliphatic carbocycles. The number of oxime groups is 1. The lowest BCUT2D eigenvalue weighted by Gasteiger charge is -2.21. The summed E-state index contributed by atoms with van der Waals surface area (Å²) >= 11 is -1.15. The molecule has 3 aromatic carbocycles. The van der Waals surface area contributed by atoms with Gasteiger partial charge >= 0.3 is 5.97 Å². The number of carboxylic acid groups (broad SMARTS) is 1. The fourth-order valence-corrected chi connectivity index (χ4v) is 5.32. The average molecular weight is 523 g/mol. The molecule has 194 valence electrons. The fourth-order valence-electron chi connectivity index (χ4n) is 3.94. The zero-order chi connectivity index (χ0) is 26.4. The van der Waals surface area contributed by atoms with Gasteiger partial charge in [-0.3, -0.25) is 0 Å². The van der Waals surface area contributed by atoms with E-state index in [0.29, 0.717) is 42.7 Å². The van der Waals surface area contributed by atoms with Crippen LogP contribution in [0, 0.1) is 0 Å². The third kappa shape index (κ3) is 6.36. The van der Waals surface area contributed by atoms with Crippen LogP contribution in [0.3, 0.4) is 0 Å². The maximum absolute atomic E-state index is 12.9. The van der Waals surface area contributed by atoms with E-state index < -0.39 is 22.7 Å². The largest absolute Gasteiger partial charge is 0.610 e. The Morgan fingerprint density at radius 3 is 2.54 bits per heavy atom. The van der Waals surface area contributed by atoms with Crippen molar-refractivity contribution in [2.45, 2.75) is 30.8 Å². The molecule has 0 amide bonds. The molecule has 3 aromatic rings. The molecule has 9 heteroatoms. The molecule has 4 rings (SSSR count). The summed E-state index contributed by atoms with van der Waals surface area (Å²) in [5.41, 5.74) is 2.06. The van der Waals surface area contributed by atoms with Crippen molar-refractivity contribution in [2.75, 3.05) is 31.0 Å². The second kappa shape index (κ2) is 11.6. The minimum Gasteiger partial charge on any atom is -0.610 e. The second-order valence-electron chi connectivity index (χ2n) is 9.00. The standard InChI is InChI=1S/C28H30N2O6S/c1-28(2,27(31)32)36-23-12-7-11-22(18-23)35-16-8-15-30-19-37(33)25-17-21(13-14-24(25)30)26(29-34-3)20-9-5-4-6-10-20/h4-7,9-14,17-18H,8,15-16,19H2,1-3H3,(H,31,32)/b29-26+. The van der Waals surface area contributed by atoms with Crippen molar-refractivity contribution in [3.8, 4) is 11.5 Å². The number of carbonyl (C=O) groups is 1. The third-order valence-electron chi connectivity index (χ3n) is 5.86. The first-order chi connectivity index (χ1) is 17.8. The van der Waals surface area contributed by atoms with Gasteiger partial charge in [0, 0.05) is 41.0 Å². The molecule has 0 bridgehead atoms. The molecule has 1 atom stereocenters. The Kier molecular flexibility index (Phi) is 8.25. The summed E-state index contributed by atoms with van der Waals surface area (Å²) in [4.78, 5) is 19.3. The van der Waals surface area contributed by atoms with Crippen LogP contribution in [-0.2, 0) is 20.8 Å². The topological polar surface area (TPSA) is 104 Å². The maximum Gasteiger partial charge on any atom is 0.347 e. The minimum absolute atomic E-state index is 0.425. The summed E-state index contributed by atoms with van der Waals surface area (Å²) in [7, 11) is 1.51. The van der Waals surface area contributed by atoms with Gasteiger partial charge in [0.1, 0.15) is 24.3 Å². The Morgan fingerprint density at radius 1 is 1.05 bits per heavy atom. The van der Waals surface area contributed by atoms with E-state index in [1.165, 1.54) is 21.0 Å². The van der Waals surface area contributed by atoms with Gasteiger partial charge in [-0.25, -0.2) is 4.79 Å². The number of nitrogens with zero attached hydrogens (tertiary/aromatic N) is 2. The molecule has 0 saturated heterocycles. The van der Waals surface area contributed by atoms with E-state index >= 15 is 0 Å². The van der Waals surface area contributed by atoms with Crippen LogP contribution in [0.1, 0.15) is 31.4 Å². The molecule has 8 nitrogen and oxygen atoms in total. The summed E-state index contributed by atoms with van der Waals surface area (Å²) in [6.07, 6.45) is 0.713. The molecule has 1 aliphatic heterocycles. The maximum atomic E-state index is 12.9. The Balaban J connectivity index is 1.37. The lowest BCUT2D eigenvalue weighted by atomic mass is 10.0. The number of anilines is 1. The van der Waals surface area contributed by atoms with E-state index in [0.717, 1.165) is 21.7 Å². The molecule has 0 spiro atoms. The lowest BCUT2D eigenvalue weighted by molar-refractivity contribution is -0.152. The highest BCUT2D eigenvalue weighted by Crippen LogP contribution is 2.35. The van der Waals surface area contributed by atoms with Gasteiger partial charge in [0.05, 0.1) is 12.3 Å². The molecule has 0 radical (unpaired) electrons. The van der Waals surface area contributed by atoms with Crippen LogP contribution in [-0.4, -0.2) is 53.1 Å². The van der Waals surface area contributed by atoms with Gasteiger partial charge in [-0.15, -0.1) is 0 Å².